The monoisotopic (exact) mass is 296 g/mol. The van der Waals surface area contributed by atoms with Crippen molar-refractivity contribution in [3.63, 3.8) is 0 Å². The van der Waals surface area contributed by atoms with E-state index in [0.717, 1.165) is 43.2 Å². The SMILES string of the molecule is CCNC(C)c1ccc(N2CCCOC(C)C2)cc1Cl. The zero-order chi connectivity index (χ0) is 14.5. The molecule has 20 heavy (non-hydrogen) atoms. The number of hydrogen-bond donors (Lipinski definition) is 1. The fourth-order valence-electron chi connectivity index (χ4n) is 2.71. The van der Waals surface area contributed by atoms with Crippen LogP contribution in [0.5, 0.6) is 0 Å². The summed E-state index contributed by atoms with van der Waals surface area (Å²) in [4.78, 5) is 2.37. The van der Waals surface area contributed by atoms with Crippen LogP contribution in [0.1, 0.15) is 38.8 Å². The van der Waals surface area contributed by atoms with Gasteiger partial charge < -0.3 is 15.0 Å². The molecule has 1 saturated heterocycles. The molecule has 1 aromatic rings. The highest BCUT2D eigenvalue weighted by Crippen LogP contribution is 2.28. The van der Waals surface area contributed by atoms with Crippen LogP contribution in [0.4, 0.5) is 5.69 Å². The van der Waals surface area contributed by atoms with E-state index in [4.69, 9.17) is 16.3 Å². The minimum absolute atomic E-state index is 0.275. The number of nitrogens with zero attached hydrogens (tertiary/aromatic N) is 1. The van der Waals surface area contributed by atoms with Crippen molar-refractivity contribution in [1.29, 1.82) is 0 Å². The van der Waals surface area contributed by atoms with Gasteiger partial charge in [0.2, 0.25) is 0 Å². The summed E-state index contributed by atoms with van der Waals surface area (Å²) in [5.74, 6) is 0. The summed E-state index contributed by atoms with van der Waals surface area (Å²) in [5.41, 5.74) is 2.36. The molecule has 1 N–H and O–H groups in total. The van der Waals surface area contributed by atoms with Gasteiger partial charge in [-0.05, 0) is 44.5 Å². The van der Waals surface area contributed by atoms with Crippen molar-refractivity contribution in [3.8, 4) is 0 Å². The molecule has 3 nitrogen and oxygen atoms in total. The highest BCUT2D eigenvalue weighted by molar-refractivity contribution is 6.31. The maximum atomic E-state index is 6.46. The molecule has 1 aliphatic rings. The Hall–Kier alpha value is -0.770. The van der Waals surface area contributed by atoms with Gasteiger partial charge in [-0.1, -0.05) is 24.6 Å². The van der Waals surface area contributed by atoms with Crippen molar-refractivity contribution in [2.45, 2.75) is 39.3 Å². The summed E-state index contributed by atoms with van der Waals surface area (Å²) < 4.78 is 5.69. The van der Waals surface area contributed by atoms with Crippen LogP contribution in [0.2, 0.25) is 5.02 Å². The molecule has 1 aliphatic heterocycles. The Morgan fingerprint density at radius 3 is 3.00 bits per heavy atom. The number of rotatable bonds is 4. The quantitative estimate of drug-likeness (QED) is 0.918. The van der Waals surface area contributed by atoms with Crippen LogP contribution in [0.15, 0.2) is 18.2 Å². The van der Waals surface area contributed by atoms with Gasteiger partial charge >= 0.3 is 0 Å². The Kier molecular flexibility index (Phi) is 5.70. The maximum absolute atomic E-state index is 6.46. The normalized spacial score (nSPS) is 21.6. The number of hydrogen-bond acceptors (Lipinski definition) is 3. The van der Waals surface area contributed by atoms with Crippen LogP contribution in [0.25, 0.3) is 0 Å². The fraction of sp³-hybridized carbons (Fsp3) is 0.625. The molecule has 0 amide bonds. The highest BCUT2D eigenvalue weighted by Gasteiger charge is 2.17. The minimum Gasteiger partial charge on any atom is -0.377 e. The summed E-state index contributed by atoms with van der Waals surface area (Å²) in [6, 6.07) is 6.69. The van der Waals surface area contributed by atoms with Crippen LogP contribution in [0.3, 0.4) is 0 Å². The van der Waals surface area contributed by atoms with Gasteiger partial charge in [0.25, 0.3) is 0 Å². The first-order chi connectivity index (χ1) is 9.61. The predicted molar refractivity (Wildman–Crippen MR) is 85.8 cm³/mol. The largest absolute Gasteiger partial charge is 0.377 e. The Morgan fingerprint density at radius 1 is 1.50 bits per heavy atom. The van der Waals surface area contributed by atoms with Crippen molar-refractivity contribution < 1.29 is 4.74 Å². The van der Waals surface area contributed by atoms with Gasteiger partial charge in [0.1, 0.15) is 0 Å². The Labute approximate surface area is 127 Å². The van der Waals surface area contributed by atoms with E-state index >= 15 is 0 Å². The summed E-state index contributed by atoms with van der Waals surface area (Å²) >= 11 is 6.46. The molecule has 2 unspecified atom stereocenters. The molecular formula is C16H25ClN2O. The number of halogens is 1. The molecular weight excluding hydrogens is 272 g/mol. The molecule has 4 heteroatoms. The molecule has 0 aliphatic carbocycles. The molecule has 2 rings (SSSR count). The average molecular weight is 297 g/mol. The third-order valence-electron chi connectivity index (χ3n) is 3.78. The summed E-state index contributed by atoms with van der Waals surface area (Å²) in [6.45, 7) is 10.1. The van der Waals surface area contributed by atoms with Crippen molar-refractivity contribution >= 4 is 17.3 Å². The molecule has 1 aromatic carbocycles. The number of benzene rings is 1. The van der Waals surface area contributed by atoms with E-state index in [1.807, 2.05) is 0 Å². The van der Waals surface area contributed by atoms with Crippen molar-refractivity contribution in [2.24, 2.45) is 0 Å². The van der Waals surface area contributed by atoms with Crippen LogP contribution in [-0.2, 0) is 4.74 Å². The topological polar surface area (TPSA) is 24.5 Å². The lowest BCUT2D eigenvalue weighted by Gasteiger charge is -2.25. The second-order valence-corrected chi connectivity index (χ2v) is 5.87. The molecule has 0 radical (unpaired) electrons. The fourth-order valence-corrected chi connectivity index (χ4v) is 3.05. The van der Waals surface area contributed by atoms with E-state index < -0.39 is 0 Å². The molecule has 1 fully saturated rings. The number of nitrogens with one attached hydrogen (secondary N) is 1. The summed E-state index contributed by atoms with van der Waals surface area (Å²) in [7, 11) is 0. The van der Waals surface area contributed by atoms with Gasteiger partial charge in [-0.2, -0.15) is 0 Å². The van der Waals surface area contributed by atoms with Crippen molar-refractivity contribution in [3.05, 3.63) is 28.8 Å². The first-order valence-electron chi connectivity index (χ1n) is 7.51. The van der Waals surface area contributed by atoms with E-state index in [1.54, 1.807) is 0 Å². The first-order valence-corrected chi connectivity index (χ1v) is 7.89. The van der Waals surface area contributed by atoms with Crippen molar-refractivity contribution in [2.75, 3.05) is 31.1 Å². The standard InChI is InChI=1S/C16H25ClN2O/c1-4-18-13(3)15-7-6-14(10-16(15)17)19-8-5-9-20-12(2)11-19/h6-7,10,12-13,18H,4-5,8-9,11H2,1-3H3. The van der Waals surface area contributed by atoms with Gasteiger partial charge in [-0.15, -0.1) is 0 Å². The lowest BCUT2D eigenvalue weighted by atomic mass is 10.1. The second kappa shape index (κ2) is 7.30. The minimum atomic E-state index is 0.275. The van der Waals surface area contributed by atoms with Crippen molar-refractivity contribution in [1.82, 2.24) is 5.32 Å². The van der Waals surface area contributed by atoms with Gasteiger partial charge in [0, 0.05) is 36.4 Å². The maximum Gasteiger partial charge on any atom is 0.0721 e. The lowest BCUT2D eigenvalue weighted by Crippen LogP contribution is -2.30. The number of ether oxygens (including phenoxy) is 1. The van der Waals surface area contributed by atoms with Gasteiger partial charge in [0.15, 0.2) is 0 Å². The zero-order valence-electron chi connectivity index (χ0n) is 12.7. The van der Waals surface area contributed by atoms with Gasteiger partial charge in [0.05, 0.1) is 6.10 Å². The molecule has 112 valence electrons. The van der Waals surface area contributed by atoms with Crippen LogP contribution >= 0.6 is 11.6 Å². The summed E-state index contributed by atoms with van der Waals surface area (Å²) in [6.07, 6.45) is 1.34. The zero-order valence-corrected chi connectivity index (χ0v) is 13.4. The molecule has 0 spiro atoms. The third kappa shape index (κ3) is 3.87. The molecule has 0 aromatic heterocycles. The van der Waals surface area contributed by atoms with Crippen LogP contribution in [-0.4, -0.2) is 32.3 Å². The summed E-state index contributed by atoms with van der Waals surface area (Å²) in [5, 5.41) is 4.24. The smallest absolute Gasteiger partial charge is 0.0721 e. The Bertz CT molecular complexity index is 438. The van der Waals surface area contributed by atoms with E-state index in [0.29, 0.717) is 0 Å². The van der Waals surface area contributed by atoms with E-state index in [9.17, 15) is 0 Å². The third-order valence-corrected chi connectivity index (χ3v) is 4.11. The molecule has 2 atom stereocenters. The average Bonchev–Trinajstić information content (AvgIpc) is 2.63. The first kappa shape index (κ1) is 15.6. The predicted octanol–water partition coefficient (Wildman–Crippen LogP) is 3.63. The van der Waals surface area contributed by atoms with E-state index in [1.165, 1.54) is 5.69 Å². The van der Waals surface area contributed by atoms with Gasteiger partial charge in [-0.25, -0.2) is 0 Å². The highest BCUT2D eigenvalue weighted by atomic mass is 35.5. The second-order valence-electron chi connectivity index (χ2n) is 5.47. The van der Waals surface area contributed by atoms with Gasteiger partial charge in [-0.3, -0.25) is 0 Å². The van der Waals surface area contributed by atoms with E-state index in [-0.39, 0.29) is 12.1 Å². The Balaban J connectivity index is 2.15. The number of anilines is 1. The molecule has 0 saturated carbocycles. The van der Waals surface area contributed by atoms with E-state index in [2.05, 4.69) is 49.2 Å². The molecule has 0 bridgehead atoms. The Morgan fingerprint density at radius 2 is 2.30 bits per heavy atom. The lowest BCUT2D eigenvalue weighted by molar-refractivity contribution is 0.0821. The van der Waals surface area contributed by atoms with Crippen LogP contribution < -0.4 is 10.2 Å². The molecule has 1 heterocycles. The van der Waals surface area contributed by atoms with Crippen LogP contribution in [0, 0.1) is 0 Å².